The van der Waals surface area contributed by atoms with Gasteiger partial charge >= 0.3 is 11.9 Å². The molecule has 0 spiro atoms. The number of fused-ring (bicyclic) bond motifs is 1. The molecule has 87 heavy (non-hydrogen) atoms. The van der Waals surface area contributed by atoms with Gasteiger partial charge in [-0.05, 0) is 160 Å². The van der Waals surface area contributed by atoms with Crippen LogP contribution < -0.4 is 5.32 Å². The molecule has 3 aliphatic rings. The molecule has 18 heteroatoms. The number of nitrogens with one attached hydrogen (secondary N) is 1. The molecule has 3 amide bonds. The second kappa shape index (κ2) is 41.0. The van der Waals surface area contributed by atoms with E-state index in [1.807, 2.05) is 38.1 Å². The first-order valence-corrected chi connectivity index (χ1v) is 31.3. The van der Waals surface area contributed by atoms with E-state index in [1.54, 1.807) is 88.4 Å². The Morgan fingerprint density at radius 3 is 1.43 bits per heavy atom. The van der Waals surface area contributed by atoms with Crippen molar-refractivity contribution in [3.05, 3.63) is 107 Å². The molecule has 2 fully saturated rings. The zero-order valence-electron chi connectivity index (χ0n) is 54.0. The van der Waals surface area contributed by atoms with Crippen molar-refractivity contribution in [3.8, 4) is 0 Å². The molecule has 10 atom stereocenters. The number of imide groups is 1. The molecular weight excluding hydrogens is 1110 g/mol. The van der Waals surface area contributed by atoms with Gasteiger partial charge < -0.3 is 57.8 Å². The van der Waals surface area contributed by atoms with Crippen molar-refractivity contribution in [3.63, 3.8) is 0 Å². The van der Waals surface area contributed by atoms with Gasteiger partial charge in [0.25, 0.3) is 11.8 Å². The molecule has 4 unspecified atom stereocenters. The monoisotopic (exact) mass is 1210 g/mol. The van der Waals surface area contributed by atoms with E-state index in [0.29, 0.717) is 67.1 Å². The van der Waals surface area contributed by atoms with Crippen molar-refractivity contribution in [1.29, 1.82) is 0 Å². The molecule has 6 rings (SSSR count). The van der Waals surface area contributed by atoms with E-state index in [9.17, 15) is 43.2 Å². The van der Waals surface area contributed by atoms with E-state index in [1.165, 1.54) is 24.7 Å². The fourth-order valence-corrected chi connectivity index (χ4v) is 10.3. The van der Waals surface area contributed by atoms with Gasteiger partial charge in [0.15, 0.2) is 18.7 Å². The third kappa shape index (κ3) is 27.7. The lowest BCUT2D eigenvalue weighted by atomic mass is 9.82. The van der Waals surface area contributed by atoms with Gasteiger partial charge in [0.05, 0.1) is 40.5 Å². The number of amides is 3. The number of carbonyl (C=O) groups excluding carboxylic acids is 9. The smallest absolute Gasteiger partial charge is 0.338 e. The van der Waals surface area contributed by atoms with E-state index in [4.69, 9.17) is 28.4 Å². The van der Waals surface area contributed by atoms with Crippen molar-refractivity contribution in [2.75, 3.05) is 47.0 Å². The zero-order valence-corrected chi connectivity index (χ0v) is 54.0. The summed E-state index contributed by atoms with van der Waals surface area (Å²) >= 11 is 0. The number of carbonyl (C=O) groups is 9. The van der Waals surface area contributed by atoms with Crippen LogP contribution >= 0.6 is 0 Å². The van der Waals surface area contributed by atoms with Crippen molar-refractivity contribution in [1.82, 2.24) is 15.1 Å². The average molecular weight is 1210 g/mol. The number of ketones is 4. The average Bonchev–Trinajstić information content (AvgIpc) is 3.60. The van der Waals surface area contributed by atoms with E-state index >= 15 is 0 Å². The van der Waals surface area contributed by atoms with Gasteiger partial charge in [0.2, 0.25) is 5.91 Å². The molecule has 3 heterocycles. The van der Waals surface area contributed by atoms with Crippen molar-refractivity contribution in [2.45, 2.75) is 202 Å². The highest BCUT2D eigenvalue weighted by Crippen LogP contribution is 2.36. The van der Waals surface area contributed by atoms with Crippen molar-refractivity contribution in [2.24, 2.45) is 23.7 Å². The van der Waals surface area contributed by atoms with Crippen LogP contribution in [0.3, 0.4) is 0 Å². The highest BCUT2D eigenvalue weighted by atomic mass is 16.7. The Hall–Kier alpha value is -6.31. The highest BCUT2D eigenvalue weighted by molar-refractivity contribution is 6.21. The highest BCUT2D eigenvalue weighted by Gasteiger charge is 2.45. The van der Waals surface area contributed by atoms with E-state index in [2.05, 4.69) is 45.1 Å². The summed E-state index contributed by atoms with van der Waals surface area (Å²) in [5, 5.41) is 2.93. The molecule has 3 aliphatic heterocycles. The minimum absolute atomic E-state index is 0.0444. The maximum atomic E-state index is 12.5. The third-order valence-electron chi connectivity index (χ3n) is 15.8. The Labute approximate surface area is 517 Å². The Morgan fingerprint density at radius 1 is 0.517 bits per heavy atom. The van der Waals surface area contributed by atoms with Crippen LogP contribution in [0.5, 0.6) is 0 Å². The summed E-state index contributed by atoms with van der Waals surface area (Å²) in [4.78, 5) is 107. The second-order valence-electron chi connectivity index (χ2n) is 23.6. The molecule has 2 saturated heterocycles. The van der Waals surface area contributed by atoms with E-state index in [0.717, 1.165) is 70.8 Å². The molecule has 0 bridgehead atoms. The van der Waals surface area contributed by atoms with Crippen LogP contribution in [0, 0.1) is 23.7 Å². The number of unbranched alkanes of at least 4 members (excludes halogenated alkanes) is 6. The largest absolute Gasteiger partial charge is 0.459 e. The first-order valence-electron chi connectivity index (χ1n) is 31.3. The standard InChI is InChI=1S/C23H33NO6.C22H32O5.C15H17NO3.C9H19NO/c1-15(25)10-8-9-13-28-23-21(24-18(4)26)17(3)16(2)20(30-23)14-29-22(27)19-11-6-5-7-12-19;1-5-19-16(3)17(4)20(27-21(24)18-12-7-6-8-13-18)22(26-19)25-14-10-9-11-15(2)23;1-11(17)7-3-2-6-10-16-14(18)12-8-4-5-9-13(12)15(16)19;1-9(11)7-5-4-6-8-10(2)3/h5-7,11-12,16-17,20-21,23H,8-10,13-14H2,1-4H3,(H,24,26);6-8,12-13,16-17,19-20,22H,5,9-11,14H2,1-4H3;4-5,8-9H,2-3,6-7,10H2,1H3;4-8H2,1-3H3/t16-,17+,20?,21?,23-;16-,17-,19?,20?,22-;;/m10../s1. The van der Waals surface area contributed by atoms with Gasteiger partial charge in [-0.25, -0.2) is 9.59 Å². The first-order chi connectivity index (χ1) is 41.5. The zero-order chi connectivity index (χ0) is 64.4. The predicted molar refractivity (Wildman–Crippen MR) is 334 cm³/mol. The van der Waals surface area contributed by atoms with Gasteiger partial charge in [-0.1, -0.05) is 96.0 Å². The number of Topliss-reactive ketones (excluding diaryl/α,β-unsaturated/α-hetero) is 4. The number of rotatable bonds is 31. The lowest BCUT2D eigenvalue weighted by molar-refractivity contribution is -0.269. The van der Waals surface area contributed by atoms with Crippen molar-refractivity contribution < 1.29 is 71.6 Å². The molecule has 0 saturated carbocycles. The molecule has 3 aromatic carbocycles. The van der Waals surface area contributed by atoms with Crippen LogP contribution in [0.25, 0.3) is 0 Å². The fourth-order valence-electron chi connectivity index (χ4n) is 10.3. The second-order valence-corrected chi connectivity index (χ2v) is 23.6. The lowest BCUT2D eigenvalue weighted by Gasteiger charge is -2.44. The quantitative estimate of drug-likeness (QED) is 0.0359. The summed E-state index contributed by atoms with van der Waals surface area (Å²) in [6.45, 7) is 20.8. The van der Waals surface area contributed by atoms with Gasteiger partial charge in [-0.3, -0.25) is 19.3 Å². The Morgan fingerprint density at radius 2 is 0.954 bits per heavy atom. The Balaban J connectivity index is 0.000000320. The summed E-state index contributed by atoms with van der Waals surface area (Å²) < 4.78 is 35.4. The van der Waals surface area contributed by atoms with Crippen LogP contribution in [0.15, 0.2) is 84.9 Å². The molecule has 0 aliphatic carbocycles. The van der Waals surface area contributed by atoms with Gasteiger partial charge in [0, 0.05) is 58.3 Å². The maximum Gasteiger partial charge on any atom is 0.338 e. The van der Waals surface area contributed by atoms with Crippen LogP contribution in [0.1, 0.15) is 207 Å². The van der Waals surface area contributed by atoms with Crippen LogP contribution in [0.2, 0.25) is 0 Å². The number of hydrogen-bond acceptors (Lipinski definition) is 16. The van der Waals surface area contributed by atoms with E-state index in [-0.39, 0.29) is 89.6 Å². The molecule has 0 radical (unpaired) electrons. The predicted octanol–water partition coefficient (Wildman–Crippen LogP) is 11.6. The summed E-state index contributed by atoms with van der Waals surface area (Å²) in [6.07, 6.45) is 10.3. The molecular formula is C69H101N3O15. The van der Waals surface area contributed by atoms with Gasteiger partial charge in [0.1, 0.15) is 29.7 Å². The summed E-state index contributed by atoms with van der Waals surface area (Å²) in [5.41, 5.74) is 2.01. The maximum absolute atomic E-state index is 12.5. The molecule has 3 aromatic rings. The SMILES string of the molecule is CC(=O)CCCCCN(C)C.CC(=O)CCCCCN1C(=O)c2ccccc2C1=O.CC(=O)CCCCO[C@@H]1OC(COC(=O)c2ccccc2)[C@H](C)[C@H](C)C1NC(C)=O.CCC1O[C@H](OCCCCC(C)=O)C(OC(=O)c2ccccc2)[C@@H](C)[C@@H]1C. The van der Waals surface area contributed by atoms with Crippen LogP contribution in [-0.2, 0) is 52.4 Å². The number of nitrogens with zero attached hydrogens (tertiary/aromatic N) is 2. The minimum Gasteiger partial charge on any atom is -0.459 e. The molecule has 1 N–H and O–H groups in total. The minimum atomic E-state index is -0.641. The van der Waals surface area contributed by atoms with Crippen LogP contribution in [0.4, 0.5) is 0 Å². The molecule has 18 nitrogen and oxygen atoms in total. The van der Waals surface area contributed by atoms with E-state index < -0.39 is 24.7 Å². The fraction of sp³-hybridized carbons (Fsp3) is 0.609. The van der Waals surface area contributed by atoms with Gasteiger partial charge in [-0.15, -0.1) is 0 Å². The third-order valence-corrected chi connectivity index (χ3v) is 15.8. The van der Waals surface area contributed by atoms with Crippen molar-refractivity contribution >= 4 is 52.8 Å². The van der Waals surface area contributed by atoms with Crippen LogP contribution in [-0.4, -0.2) is 147 Å². The lowest BCUT2D eigenvalue weighted by Crippen LogP contribution is -2.58. The summed E-state index contributed by atoms with van der Waals surface area (Å²) in [6, 6.07) is 24.4. The number of benzene rings is 3. The normalized spacial score (nSPS) is 22.0. The van der Waals surface area contributed by atoms with Gasteiger partial charge in [-0.2, -0.15) is 0 Å². The number of ether oxygens (including phenoxy) is 6. The summed E-state index contributed by atoms with van der Waals surface area (Å²) in [5.74, 6) is 0.0210. The summed E-state index contributed by atoms with van der Waals surface area (Å²) in [7, 11) is 4.15. The topological polar surface area (TPSA) is 228 Å². The first kappa shape index (κ1) is 74.9. The Kier molecular flexibility index (Phi) is 35.3. The Bertz CT molecular complexity index is 2560. The number of hydrogen-bond donors (Lipinski definition) is 1. The molecule has 0 aromatic heterocycles. The molecule has 482 valence electrons. The number of esters is 2.